The van der Waals surface area contributed by atoms with E-state index in [0.29, 0.717) is 18.5 Å². The monoisotopic (exact) mass is 363 g/mol. The lowest BCUT2D eigenvalue weighted by molar-refractivity contribution is -0.122. The second-order valence-corrected chi connectivity index (χ2v) is 7.57. The Kier molecular flexibility index (Phi) is 4.92. The molecule has 2 fully saturated rings. The minimum Gasteiger partial charge on any atom is -0.351 e. The summed E-state index contributed by atoms with van der Waals surface area (Å²) in [6.45, 7) is 2.54. The van der Waals surface area contributed by atoms with Gasteiger partial charge in [0.25, 0.3) is 5.91 Å². The van der Waals surface area contributed by atoms with Crippen molar-refractivity contribution >= 4 is 11.8 Å². The quantitative estimate of drug-likeness (QED) is 0.892. The van der Waals surface area contributed by atoms with Crippen molar-refractivity contribution in [2.45, 2.75) is 50.6 Å². The average Bonchev–Trinajstić information content (AvgIpc) is 3.01. The first-order valence-electron chi connectivity index (χ1n) is 9.71. The Labute approximate surface area is 159 Å². The van der Waals surface area contributed by atoms with Crippen LogP contribution in [0.25, 0.3) is 0 Å². The molecule has 1 aromatic carbocycles. The predicted molar refractivity (Wildman–Crippen MR) is 103 cm³/mol. The number of hydrogen-bond donors (Lipinski definition) is 1. The highest BCUT2D eigenvalue weighted by Crippen LogP contribution is 2.36. The maximum atomic E-state index is 13.4. The SMILES string of the molecule is Cc1cnccc1C(=O)N1C[C@@H](c2ccccc2)[C@@H]2NC(=O)CCCC[C@H]21. The van der Waals surface area contributed by atoms with Crippen LogP contribution in [-0.2, 0) is 4.79 Å². The molecule has 140 valence electrons. The van der Waals surface area contributed by atoms with Crippen molar-refractivity contribution in [3.63, 3.8) is 0 Å². The van der Waals surface area contributed by atoms with Gasteiger partial charge in [-0.3, -0.25) is 14.6 Å². The maximum absolute atomic E-state index is 13.4. The van der Waals surface area contributed by atoms with Gasteiger partial charge in [-0.1, -0.05) is 36.8 Å². The highest BCUT2D eigenvalue weighted by molar-refractivity contribution is 5.96. The fourth-order valence-electron chi connectivity index (χ4n) is 4.47. The zero-order valence-corrected chi connectivity index (χ0v) is 15.6. The summed E-state index contributed by atoms with van der Waals surface area (Å²) in [6.07, 6.45) is 6.74. The first-order valence-corrected chi connectivity index (χ1v) is 9.71. The van der Waals surface area contributed by atoms with Gasteiger partial charge in [0.05, 0.1) is 12.1 Å². The van der Waals surface area contributed by atoms with Gasteiger partial charge in [-0.05, 0) is 37.0 Å². The molecule has 0 spiro atoms. The van der Waals surface area contributed by atoms with Crippen LogP contribution in [-0.4, -0.2) is 40.3 Å². The number of pyridine rings is 1. The number of benzene rings is 1. The summed E-state index contributed by atoms with van der Waals surface area (Å²) in [7, 11) is 0. The first kappa shape index (κ1) is 17.7. The van der Waals surface area contributed by atoms with E-state index >= 15 is 0 Å². The van der Waals surface area contributed by atoms with Crippen molar-refractivity contribution in [1.82, 2.24) is 15.2 Å². The largest absolute Gasteiger partial charge is 0.351 e. The van der Waals surface area contributed by atoms with Crippen LogP contribution in [0.15, 0.2) is 48.8 Å². The fourth-order valence-corrected chi connectivity index (χ4v) is 4.47. The molecule has 27 heavy (non-hydrogen) atoms. The lowest BCUT2D eigenvalue weighted by Crippen LogP contribution is -2.48. The maximum Gasteiger partial charge on any atom is 0.254 e. The van der Waals surface area contributed by atoms with Gasteiger partial charge in [0.15, 0.2) is 0 Å². The summed E-state index contributed by atoms with van der Waals surface area (Å²) >= 11 is 0. The van der Waals surface area contributed by atoms with Gasteiger partial charge in [0.2, 0.25) is 5.91 Å². The van der Waals surface area contributed by atoms with Crippen LogP contribution in [0.3, 0.4) is 0 Å². The molecule has 3 atom stereocenters. The molecule has 3 heterocycles. The highest BCUT2D eigenvalue weighted by atomic mass is 16.2. The third-order valence-electron chi connectivity index (χ3n) is 5.86. The van der Waals surface area contributed by atoms with Crippen LogP contribution in [0.2, 0.25) is 0 Å². The summed E-state index contributed by atoms with van der Waals surface area (Å²) in [5.74, 6) is 0.252. The summed E-state index contributed by atoms with van der Waals surface area (Å²) in [6, 6.07) is 12.0. The van der Waals surface area contributed by atoms with Gasteiger partial charge in [-0.25, -0.2) is 0 Å². The number of amides is 2. The molecule has 0 aliphatic carbocycles. The summed E-state index contributed by atoms with van der Waals surface area (Å²) in [4.78, 5) is 31.8. The number of rotatable bonds is 2. The Morgan fingerprint density at radius 2 is 2.00 bits per heavy atom. The van der Waals surface area contributed by atoms with E-state index in [1.165, 1.54) is 5.56 Å². The van der Waals surface area contributed by atoms with Crippen molar-refractivity contribution in [2.75, 3.05) is 6.54 Å². The lowest BCUT2D eigenvalue weighted by Gasteiger charge is -2.31. The average molecular weight is 363 g/mol. The second-order valence-electron chi connectivity index (χ2n) is 7.57. The molecule has 0 saturated carbocycles. The molecule has 0 bridgehead atoms. The van der Waals surface area contributed by atoms with Gasteiger partial charge in [0, 0.05) is 36.8 Å². The third kappa shape index (κ3) is 3.46. The molecule has 5 heteroatoms. The highest BCUT2D eigenvalue weighted by Gasteiger charge is 2.45. The predicted octanol–water partition coefficient (Wildman–Crippen LogP) is 3.06. The van der Waals surface area contributed by atoms with Crippen molar-refractivity contribution in [2.24, 2.45) is 0 Å². The molecule has 2 aromatic rings. The molecule has 2 aliphatic rings. The molecular formula is C22H25N3O2. The van der Waals surface area contributed by atoms with Crippen molar-refractivity contribution in [1.29, 1.82) is 0 Å². The van der Waals surface area contributed by atoms with Crippen molar-refractivity contribution in [3.05, 3.63) is 65.5 Å². The smallest absolute Gasteiger partial charge is 0.254 e. The number of hydrogen-bond acceptors (Lipinski definition) is 3. The van der Waals surface area contributed by atoms with Crippen molar-refractivity contribution < 1.29 is 9.59 Å². The molecular weight excluding hydrogens is 338 g/mol. The molecule has 0 unspecified atom stereocenters. The number of carbonyl (C=O) groups is 2. The summed E-state index contributed by atoms with van der Waals surface area (Å²) in [5, 5.41) is 3.24. The van der Waals surface area contributed by atoms with E-state index in [9.17, 15) is 9.59 Å². The Morgan fingerprint density at radius 3 is 2.78 bits per heavy atom. The number of aryl methyl sites for hydroxylation is 1. The van der Waals surface area contributed by atoms with Crippen LogP contribution in [0.1, 0.15) is 53.1 Å². The van der Waals surface area contributed by atoms with E-state index in [1.54, 1.807) is 18.5 Å². The normalized spacial score (nSPS) is 25.3. The van der Waals surface area contributed by atoms with Crippen LogP contribution in [0, 0.1) is 6.92 Å². The van der Waals surface area contributed by atoms with Gasteiger partial charge in [0.1, 0.15) is 0 Å². The summed E-state index contributed by atoms with van der Waals surface area (Å²) in [5.41, 5.74) is 2.76. The topological polar surface area (TPSA) is 62.3 Å². The van der Waals surface area contributed by atoms with E-state index in [-0.39, 0.29) is 29.8 Å². The summed E-state index contributed by atoms with van der Waals surface area (Å²) < 4.78 is 0. The minimum atomic E-state index is -0.0358. The van der Waals surface area contributed by atoms with Gasteiger partial charge in [-0.15, -0.1) is 0 Å². The van der Waals surface area contributed by atoms with E-state index in [0.717, 1.165) is 24.8 Å². The number of fused-ring (bicyclic) bond motifs is 1. The molecule has 5 nitrogen and oxygen atoms in total. The van der Waals surface area contributed by atoms with Gasteiger partial charge in [-0.2, -0.15) is 0 Å². The van der Waals surface area contributed by atoms with E-state index in [1.807, 2.05) is 30.0 Å². The Bertz CT molecular complexity index is 836. The van der Waals surface area contributed by atoms with E-state index in [4.69, 9.17) is 0 Å². The molecule has 1 aromatic heterocycles. The molecule has 2 amide bonds. The number of nitrogens with one attached hydrogen (secondary N) is 1. The number of likely N-dealkylation sites (tertiary alicyclic amines) is 1. The Hall–Kier alpha value is -2.69. The standard InChI is InChI=1S/C22H25N3O2/c1-15-13-23-12-11-17(15)22(27)25-14-18(16-7-3-2-4-8-16)21-19(25)9-5-6-10-20(26)24-21/h2-4,7-8,11-13,18-19,21H,5-6,9-10,14H2,1H3,(H,24,26)/t18-,19+,21-/m0/s1. The number of aromatic nitrogens is 1. The Balaban J connectivity index is 1.70. The number of carbonyl (C=O) groups excluding carboxylic acids is 2. The second kappa shape index (κ2) is 7.51. The third-order valence-corrected chi connectivity index (χ3v) is 5.86. The van der Waals surface area contributed by atoms with Crippen LogP contribution in [0.4, 0.5) is 0 Å². The minimum absolute atomic E-state index is 0.0273. The molecule has 1 N–H and O–H groups in total. The number of nitrogens with zero attached hydrogens (tertiary/aromatic N) is 2. The molecule has 2 aliphatic heterocycles. The molecule has 2 saturated heterocycles. The van der Waals surface area contributed by atoms with Gasteiger partial charge < -0.3 is 10.2 Å². The zero-order valence-electron chi connectivity index (χ0n) is 15.6. The van der Waals surface area contributed by atoms with E-state index < -0.39 is 0 Å². The van der Waals surface area contributed by atoms with E-state index in [2.05, 4.69) is 22.4 Å². The van der Waals surface area contributed by atoms with Gasteiger partial charge >= 0.3 is 0 Å². The molecule has 4 rings (SSSR count). The lowest BCUT2D eigenvalue weighted by atomic mass is 9.88. The van der Waals surface area contributed by atoms with Crippen LogP contribution in [0.5, 0.6) is 0 Å². The zero-order chi connectivity index (χ0) is 18.8. The first-order chi connectivity index (χ1) is 13.1. The van der Waals surface area contributed by atoms with Crippen molar-refractivity contribution in [3.8, 4) is 0 Å². The molecule has 0 radical (unpaired) electrons. The van der Waals surface area contributed by atoms with Crippen LogP contribution >= 0.6 is 0 Å². The Morgan fingerprint density at radius 1 is 1.19 bits per heavy atom. The fraction of sp³-hybridized carbons (Fsp3) is 0.409. The van der Waals surface area contributed by atoms with Crippen LogP contribution < -0.4 is 5.32 Å².